The van der Waals surface area contributed by atoms with Crippen LogP contribution in [0.2, 0.25) is 0 Å². The number of ether oxygens (including phenoxy) is 1. The lowest BCUT2D eigenvalue weighted by Crippen LogP contribution is -2.26. The van der Waals surface area contributed by atoms with Gasteiger partial charge in [-0.15, -0.1) is 0 Å². The lowest BCUT2D eigenvalue weighted by Gasteiger charge is -2.08. The van der Waals surface area contributed by atoms with Crippen molar-refractivity contribution in [1.29, 1.82) is 0 Å². The largest absolute Gasteiger partial charge is 0.414 e. The van der Waals surface area contributed by atoms with Gasteiger partial charge in [-0.25, -0.2) is 14.8 Å². The zero-order valence-corrected chi connectivity index (χ0v) is 12.3. The van der Waals surface area contributed by atoms with Crippen molar-refractivity contribution in [3.63, 3.8) is 0 Å². The smallest absolute Gasteiger partial charge is 0.391 e. The zero-order chi connectivity index (χ0) is 15.9. The molecule has 23 heavy (non-hydrogen) atoms. The topological polar surface area (TPSA) is 81.9 Å². The van der Waals surface area contributed by atoms with Crippen molar-refractivity contribution in [2.24, 2.45) is 0 Å². The van der Waals surface area contributed by atoms with E-state index in [0.29, 0.717) is 13.1 Å². The summed E-state index contributed by atoms with van der Waals surface area (Å²) in [5.41, 5.74) is 2.09. The lowest BCUT2D eigenvalue weighted by atomic mass is 10.1. The molecule has 2 aromatic heterocycles. The normalized spacial score (nSPS) is 10.3. The number of rotatable bonds is 5. The van der Waals surface area contributed by atoms with Crippen LogP contribution in [0, 0.1) is 0 Å². The molecule has 116 valence electrons. The first-order chi connectivity index (χ1) is 11.3. The maximum absolute atomic E-state index is 11.7. The van der Waals surface area contributed by atoms with Crippen molar-refractivity contribution in [3.8, 4) is 5.88 Å². The van der Waals surface area contributed by atoms with Gasteiger partial charge in [-0.3, -0.25) is 4.68 Å². The van der Waals surface area contributed by atoms with Gasteiger partial charge in [0.15, 0.2) is 0 Å². The van der Waals surface area contributed by atoms with Gasteiger partial charge in [-0.2, -0.15) is 5.10 Å². The Morgan fingerprint density at radius 1 is 1.17 bits per heavy atom. The van der Waals surface area contributed by atoms with Crippen LogP contribution in [0.15, 0.2) is 61.3 Å². The van der Waals surface area contributed by atoms with Gasteiger partial charge in [0.25, 0.3) is 0 Å². The molecule has 7 heteroatoms. The fourth-order valence-corrected chi connectivity index (χ4v) is 2.06. The molecule has 1 aromatic carbocycles. The van der Waals surface area contributed by atoms with Crippen molar-refractivity contribution < 1.29 is 9.53 Å². The molecule has 3 aromatic rings. The highest BCUT2D eigenvalue weighted by Crippen LogP contribution is 2.07. The number of amides is 1. The number of nitrogens with one attached hydrogen (secondary N) is 1. The van der Waals surface area contributed by atoms with E-state index in [1.165, 1.54) is 18.6 Å². The molecule has 0 fully saturated rings. The quantitative estimate of drug-likeness (QED) is 0.779. The average molecular weight is 309 g/mol. The Balaban J connectivity index is 1.54. The number of nitrogens with zero attached hydrogens (tertiary/aromatic N) is 4. The van der Waals surface area contributed by atoms with Crippen LogP contribution < -0.4 is 10.1 Å². The minimum atomic E-state index is -0.554. The van der Waals surface area contributed by atoms with Crippen molar-refractivity contribution in [2.75, 3.05) is 0 Å². The Kier molecular flexibility index (Phi) is 4.58. The van der Waals surface area contributed by atoms with E-state index in [-0.39, 0.29) is 5.88 Å². The predicted octanol–water partition coefficient (Wildman–Crippen LogP) is 2.01. The first-order valence-corrected chi connectivity index (χ1v) is 7.06. The molecule has 0 aliphatic heterocycles. The van der Waals surface area contributed by atoms with Crippen LogP contribution in [0.3, 0.4) is 0 Å². The van der Waals surface area contributed by atoms with Crippen LogP contribution in [-0.2, 0) is 13.1 Å². The standard InChI is InChI=1S/C16H15N5O2/c22-16(23-15-5-7-17-12-19-15)18-10-13-3-1-4-14(9-13)11-21-8-2-6-20-21/h1-9,12H,10-11H2,(H,18,22). The maximum Gasteiger partial charge on any atom is 0.414 e. The van der Waals surface area contributed by atoms with E-state index in [1.807, 2.05) is 41.2 Å². The first-order valence-electron chi connectivity index (χ1n) is 7.06. The van der Waals surface area contributed by atoms with Gasteiger partial charge in [0.2, 0.25) is 5.88 Å². The number of aromatic nitrogens is 4. The average Bonchev–Trinajstić information content (AvgIpc) is 3.07. The molecule has 7 nitrogen and oxygen atoms in total. The number of hydrogen-bond donors (Lipinski definition) is 1. The third-order valence-electron chi connectivity index (χ3n) is 3.08. The van der Waals surface area contributed by atoms with Crippen molar-refractivity contribution >= 4 is 6.09 Å². The van der Waals surface area contributed by atoms with E-state index in [1.54, 1.807) is 6.20 Å². The molecular formula is C16H15N5O2. The number of carbonyl (C=O) groups excluding carboxylic acids is 1. The molecule has 0 saturated carbocycles. The monoisotopic (exact) mass is 309 g/mol. The second-order valence-electron chi connectivity index (χ2n) is 4.81. The summed E-state index contributed by atoms with van der Waals surface area (Å²) in [6.45, 7) is 1.06. The van der Waals surface area contributed by atoms with Crippen LogP contribution >= 0.6 is 0 Å². The predicted molar refractivity (Wildman–Crippen MR) is 82.7 cm³/mol. The van der Waals surface area contributed by atoms with Gasteiger partial charge in [0.1, 0.15) is 6.33 Å². The van der Waals surface area contributed by atoms with Crippen molar-refractivity contribution in [2.45, 2.75) is 13.1 Å². The number of benzene rings is 1. The summed E-state index contributed by atoms with van der Waals surface area (Å²) in [5, 5.41) is 6.87. The molecule has 1 amide bonds. The van der Waals surface area contributed by atoms with Crippen LogP contribution in [0.4, 0.5) is 4.79 Å². The Bertz CT molecular complexity index is 759. The lowest BCUT2D eigenvalue weighted by molar-refractivity contribution is 0.198. The molecule has 0 radical (unpaired) electrons. The van der Waals surface area contributed by atoms with Crippen molar-refractivity contribution in [3.05, 3.63) is 72.4 Å². The van der Waals surface area contributed by atoms with E-state index in [4.69, 9.17) is 4.74 Å². The Labute approximate surface area is 133 Å². The van der Waals surface area contributed by atoms with E-state index in [2.05, 4.69) is 20.4 Å². The Morgan fingerprint density at radius 2 is 2.09 bits per heavy atom. The van der Waals surface area contributed by atoms with Crippen LogP contribution in [0.25, 0.3) is 0 Å². The molecule has 0 aliphatic carbocycles. The highest BCUT2D eigenvalue weighted by atomic mass is 16.6. The minimum absolute atomic E-state index is 0.213. The van der Waals surface area contributed by atoms with Crippen LogP contribution in [0.1, 0.15) is 11.1 Å². The molecule has 0 saturated heterocycles. The van der Waals surface area contributed by atoms with E-state index >= 15 is 0 Å². The zero-order valence-electron chi connectivity index (χ0n) is 12.3. The molecule has 0 bridgehead atoms. The fourth-order valence-electron chi connectivity index (χ4n) is 2.06. The summed E-state index contributed by atoms with van der Waals surface area (Å²) in [4.78, 5) is 19.3. The molecule has 0 spiro atoms. The summed E-state index contributed by atoms with van der Waals surface area (Å²) in [6, 6.07) is 11.3. The molecule has 3 rings (SSSR count). The van der Waals surface area contributed by atoms with Gasteiger partial charge in [-0.05, 0) is 17.2 Å². The van der Waals surface area contributed by atoms with Crippen LogP contribution in [0.5, 0.6) is 5.88 Å². The third-order valence-corrected chi connectivity index (χ3v) is 3.08. The molecule has 1 N–H and O–H groups in total. The van der Waals surface area contributed by atoms with Crippen molar-refractivity contribution in [1.82, 2.24) is 25.1 Å². The van der Waals surface area contributed by atoms with Gasteiger partial charge in [0.05, 0.1) is 6.54 Å². The number of carbonyl (C=O) groups is 1. The van der Waals surface area contributed by atoms with Gasteiger partial charge in [-0.1, -0.05) is 24.3 Å². The second-order valence-corrected chi connectivity index (χ2v) is 4.81. The fraction of sp³-hybridized carbons (Fsp3) is 0.125. The van der Waals surface area contributed by atoms with Gasteiger partial charge in [0, 0.05) is 31.2 Å². The molecule has 0 aliphatic rings. The number of hydrogen-bond acceptors (Lipinski definition) is 5. The Morgan fingerprint density at radius 3 is 2.87 bits per heavy atom. The molecule has 0 atom stereocenters. The second kappa shape index (κ2) is 7.17. The highest BCUT2D eigenvalue weighted by molar-refractivity contribution is 5.69. The minimum Gasteiger partial charge on any atom is -0.391 e. The summed E-state index contributed by atoms with van der Waals surface area (Å²) >= 11 is 0. The molecular weight excluding hydrogens is 294 g/mol. The van der Waals surface area contributed by atoms with Crippen LogP contribution in [-0.4, -0.2) is 25.8 Å². The Hall–Kier alpha value is -3.22. The summed E-state index contributed by atoms with van der Waals surface area (Å²) in [7, 11) is 0. The van der Waals surface area contributed by atoms with Gasteiger partial charge >= 0.3 is 6.09 Å². The summed E-state index contributed by atoms with van der Waals surface area (Å²) < 4.78 is 6.88. The van der Waals surface area contributed by atoms with E-state index in [9.17, 15) is 4.79 Å². The molecule has 0 unspecified atom stereocenters. The first kappa shape index (κ1) is 14.7. The van der Waals surface area contributed by atoms with Gasteiger partial charge < -0.3 is 10.1 Å². The maximum atomic E-state index is 11.7. The molecule has 2 heterocycles. The van der Waals surface area contributed by atoms with E-state index in [0.717, 1.165) is 11.1 Å². The summed E-state index contributed by atoms with van der Waals surface area (Å²) in [6.07, 6.45) is 5.93. The highest BCUT2D eigenvalue weighted by Gasteiger charge is 2.05. The SMILES string of the molecule is O=C(NCc1cccc(Cn2cccn2)c1)Oc1ccncn1. The third kappa shape index (κ3) is 4.37. The van der Waals surface area contributed by atoms with E-state index < -0.39 is 6.09 Å². The summed E-state index contributed by atoms with van der Waals surface area (Å²) in [5.74, 6) is 0.213.